The molecular formula is C16H22N6. The number of aryl methyl sites for hydroxylation is 2. The standard InChI is InChI=1S/C16H22N6/c1-4-18-13-12-9(2)5-10(3)19-14(12)21-15(20-13)22-16-6-11(16)7-17-8-16/h5,11,17H,4,6-8H2,1-3H3,(H2,18,19,20,21,22). The molecule has 1 aliphatic heterocycles. The van der Waals surface area contributed by atoms with Gasteiger partial charge in [0.2, 0.25) is 5.95 Å². The highest BCUT2D eigenvalue weighted by atomic mass is 15.2. The monoisotopic (exact) mass is 298 g/mol. The van der Waals surface area contributed by atoms with Gasteiger partial charge >= 0.3 is 0 Å². The Balaban J connectivity index is 1.79. The minimum absolute atomic E-state index is 0.163. The van der Waals surface area contributed by atoms with E-state index in [-0.39, 0.29) is 5.54 Å². The smallest absolute Gasteiger partial charge is 0.227 e. The van der Waals surface area contributed by atoms with Gasteiger partial charge in [0.25, 0.3) is 0 Å². The summed E-state index contributed by atoms with van der Waals surface area (Å²) in [6.07, 6.45) is 1.21. The molecule has 0 spiro atoms. The molecule has 3 heterocycles. The molecule has 2 unspecified atom stereocenters. The molecule has 0 radical (unpaired) electrons. The predicted octanol–water partition coefficient (Wildman–Crippen LogP) is 1.85. The van der Waals surface area contributed by atoms with Gasteiger partial charge in [-0.1, -0.05) is 0 Å². The lowest BCUT2D eigenvalue weighted by molar-refractivity contribution is 0.695. The molecule has 2 aromatic rings. The van der Waals surface area contributed by atoms with Crippen molar-refractivity contribution < 1.29 is 0 Å². The van der Waals surface area contributed by atoms with E-state index < -0.39 is 0 Å². The molecular weight excluding hydrogens is 276 g/mol. The van der Waals surface area contributed by atoms with Crippen LogP contribution in [0.4, 0.5) is 11.8 Å². The third-order valence-corrected chi connectivity index (χ3v) is 4.76. The lowest BCUT2D eigenvalue weighted by atomic mass is 10.1. The number of aromatic nitrogens is 3. The van der Waals surface area contributed by atoms with Crippen molar-refractivity contribution in [1.29, 1.82) is 0 Å². The van der Waals surface area contributed by atoms with Gasteiger partial charge in [0, 0.05) is 25.3 Å². The van der Waals surface area contributed by atoms with E-state index in [4.69, 9.17) is 4.98 Å². The van der Waals surface area contributed by atoms with Gasteiger partial charge in [-0.05, 0) is 44.7 Å². The van der Waals surface area contributed by atoms with Crippen molar-refractivity contribution in [1.82, 2.24) is 20.3 Å². The third-order valence-electron chi connectivity index (χ3n) is 4.76. The van der Waals surface area contributed by atoms with Gasteiger partial charge in [-0.2, -0.15) is 9.97 Å². The van der Waals surface area contributed by atoms with Crippen molar-refractivity contribution in [2.45, 2.75) is 32.7 Å². The molecule has 2 fully saturated rings. The van der Waals surface area contributed by atoms with Crippen LogP contribution in [-0.4, -0.2) is 40.1 Å². The highest BCUT2D eigenvalue weighted by Gasteiger charge is 2.57. The molecule has 0 amide bonds. The minimum Gasteiger partial charge on any atom is -0.370 e. The molecule has 1 aliphatic carbocycles. The van der Waals surface area contributed by atoms with Gasteiger partial charge in [-0.25, -0.2) is 4.98 Å². The number of nitrogens with zero attached hydrogens (tertiary/aromatic N) is 3. The number of hydrogen-bond donors (Lipinski definition) is 3. The Bertz CT molecular complexity index is 743. The topological polar surface area (TPSA) is 74.8 Å². The molecule has 2 atom stereocenters. The Kier molecular flexibility index (Phi) is 2.97. The highest BCUT2D eigenvalue weighted by Crippen LogP contribution is 2.48. The van der Waals surface area contributed by atoms with Crippen molar-refractivity contribution in [2.24, 2.45) is 5.92 Å². The predicted molar refractivity (Wildman–Crippen MR) is 88.3 cm³/mol. The van der Waals surface area contributed by atoms with E-state index in [1.54, 1.807) is 0 Å². The number of rotatable bonds is 4. The first-order valence-corrected chi connectivity index (χ1v) is 8.00. The van der Waals surface area contributed by atoms with Crippen LogP contribution >= 0.6 is 0 Å². The summed E-state index contributed by atoms with van der Waals surface area (Å²) in [7, 11) is 0. The fraction of sp³-hybridized carbons (Fsp3) is 0.562. The van der Waals surface area contributed by atoms with Gasteiger partial charge < -0.3 is 16.0 Å². The van der Waals surface area contributed by atoms with Gasteiger partial charge in [0.15, 0.2) is 5.65 Å². The lowest BCUT2D eigenvalue weighted by Crippen LogP contribution is -2.30. The fourth-order valence-electron chi connectivity index (χ4n) is 3.58. The summed E-state index contributed by atoms with van der Waals surface area (Å²) in [6.45, 7) is 9.09. The molecule has 3 N–H and O–H groups in total. The molecule has 6 nitrogen and oxygen atoms in total. The highest BCUT2D eigenvalue weighted by molar-refractivity contribution is 5.90. The fourth-order valence-corrected chi connectivity index (χ4v) is 3.58. The number of piperidine rings is 1. The number of nitrogens with one attached hydrogen (secondary N) is 3. The van der Waals surface area contributed by atoms with E-state index in [0.29, 0.717) is 11.9 Å². The summed E-state index contributed by atoms with van der Waals surface area (Å²) in [6, 6.07) is 2.08. The van der Waals surface area contributed by atoms with E-state index in [1.165, 1.54) is 6.42 Å². The molecule has 6 heteroatoms. The van der Waals surface area contributed by atoms with Crippen LogP contribution < -0.4 is 16.0 Å². The maximum Gasteiger partial charge on any atom is 0.227 e. The van der Waals surface area contributed by atoms with Crippen LogP contribution in [0.1, 0.15) is 24.6 Å². The van der Waals surface area contributed by atoms with Gasteiger partial charge in [-0.15, -0.1) is 0 Å². The molecule has 22 heavy (non-hydrogen) atoms. The van der Waals surface area contributed by atoms with E-state index in [0.717, 1.165) is 47.7 Å². The molecule has 2 aromatic heterocycles. The van der Waals surface area contributed by atoms with Crippen LogP contribution in [0.3, 0.4) is 0 Å². The first-order chi connectivity index (χ1) is 10.6. The van der Waals surface area contributed by atoms with Gasteiger partial charge in [0.1, 0.15) is 5.82 Å². The number of anilines is 2. The van der Waals surface area contributed by atoms with Crippen LogP contribution in [0.2, 0.25) is 0 Å². The lowest BCUT2D eigenvalue weighted by Gasteiger charge is -2.17. The summed E-state index contributed by atoms with van der Waals surface area (Å²) >= 11 is 0. The molecule has 0 aromatic carbocycles. The van der Waals surface area contributed by atoms with Crippen molar-refractivity contribution in [3.8, 4) is 0 Å². The molecule has 1 saturated heterocycles. The van der Waals surface area contributed by atoms with E-state index >= 15 is 0 Å². The normalized spacial score (nSPS) is 26.0. The van der Waals surface area contributed by atoms with E-state index in [1.807, 2.05) is 6.92 Å². The summed E-state index contributed by atoms with van der Waals surface area (Å²) in [5.74, 6) is 2.27. The van der Waals surface area contributed by atoms with Gasteiger partial charge in [0.05, 0.1) is 10.9 Å². The SMILES string of the molecule is CCNc1nc(NC23CNCC2C3)nc2nc(C)cc(C)c12. The summed E-state index contributed by atoms with van der Waals surface area (Å²) in [5, 5.41) is 11.4. The quantitative estimate of drug-likeness (QED) is 0.800. The summed E-state index contributed by atoms with van der Waals surface area (Å²) < 4.78 is 0. The maximum atomic E-state index is 4.72. The first-order valence-electron chi connectivity index (χ1n) is 8.00. The summed E-state index contributed by atoms with van der Waals surface area (Å²) in [5.41, 5.74) is 3.08. The Morgan fingerprint density at radius 2 is 2.18 bits per heavy atom. The molecule has 0 bridgehead atoms. The van der Waals surface area contributed by atoms with Crippen molar-refractivity contribution in [3.05, 3.63) is 17.3 Å². The number of fused-ring (bicyclic) bond motifs is 2. The Morgan fingerprint density at radius 1 is 1.32 bits per heavy atom. The zero-order valence-corrected chi connectivity index (χ0v) is 13.3. The minimum atomic E-state index is 0.163. The average Bonchev–Trinajstić information content (AvgIpc) is 2.97. The molecule has 4 rings (SSSR count). The Hall–Kier alpha value is -1.95. The van der Waals surface area contributed by atoms with Crippen molar-refractivity contribution in [2.75, 3.05) is 30.3 Å². The van der Waals surface area contributed by atoms with Crippen LogP contribution in [0.5, 0.6) is 0 Å². The van der Waals surface area contributed by atoms with E-state index in [2.05, 4.69) is 45.8 Å². The molecule has 2 aliphatic rings. The maximum absolute atomic E-state index is 4.72. The van der Waals surface area contributed by atoms with Crippen LogP contribution in [-0.2, 0) is 0 Å². The Morgan fingerprint density at radius 3 is 2.86 bits per heavy atom. The second-order valence-electron chi connectivity index (χ2n) is 6.52. The van der Waals surface area contributed by atoms with Crippen molar-refractivity contribution in [3.63, 3.8) is 0 Å². The Labute approximate surface area is 130 Å². The average molecular weight is 298 g/mol. The number of pyridine rings is 1. The third kappa shape index (κ3) is 2.09. The largest absolute Gasteiger partial charge is 0.370 e. The van der Waals surface area contributed by atoms with Crippen LogP contribution in [0.15, 0.2) is 6.07 Å². The van der Waals surface area contributed by atoms with Gasteiger partial charge in [-0.3, -0.25) is 0 Å². The van der Waals surface area contributed by atoms with Crippen LogP contribution in [0.25, 0.3) is 11.0 Å². The number of hydrogen-bond acceptors (Lipinski definition) is 6. The van der Waals surface area contributed by atoms with E-state index in [9.17, 15) is 0 Å². The second-order valence-corrected chi connectivity index (χ2v) is 6.52. The molecule has 116 valence electrons. The summed E-state index contributed by atoms with van der Waals surface area (Å²) in [4.78, 5) is 14.0. The van der Waals surface area contributed by atoms with Crippen LogP contribution in [0, 0.1) is 19.8 Å². The van der Waals surface area contributed by atoms with Crippen molar-refractivity contribution >= 4 is 22.8 Å². The molecule has 1 saturated carbocycles. The first kappa shape index (κ1) is 13.7. The second kappa shape index (κ2) is 4.78. The zero-order valence-electron chi connectivity index (χ0n) is 13.3. The zero-order chi connectivity index (χ0) is 15.3.